The van der Waals surface area contributed by atoms with E-state index >= 15 is 0 Å². The van der Waals surface area contributed by atoms with Gasteiger partial charge in [0.15, 0.2) is 5.78 Å². The number of nitrogens with one attached hydrogen (secondary N) is 1. The average molecular weight is 314 g/mol. The Morgan fingerprint density at radius 1 is 1.24 bits per heavy atom. The molecule has 0 amide bonds. The molecule has 6 heteroatoms. The third kappa shape index (κ3) is 3.24. The third-order valence-electron chi connectivity index (χ3n) is 2.75. The van der Waals surface area contributed by atoms with Crippen molar-refractivity contribution in [3.05, 3.63) is 72.0 Å². The second-order valence-electron chi connectivity index (χ2n) is 4.23. The number of nitrogens with zero attached hydrogens (tertiary/aromatic N) is 1. The predicted octanol–water partition coefficient (Wildman–Crippen LogP) is 1.39. The van der Waals surface area contributed by atoms with Gasteiger partial charge in [-0.15, -0.1) is 11.3 Å². The van der Waals surface area contributed by atoms with Crippen molar-refractivity contribution in [2.45, 2.75) is 0 Å². The molecule has 0 saturated heterocycles. The second-order valence-corrected chi connectivity index (χ2v) is 6.09. The molecule has 4 nitrogen and oxygen atoms in total. The molecule has 0 fully saturated rings. The Balaban J connectivity index is 2.00. The van der Waals surface area contributed by atoms with E-state index in [4.69, 9.17) is 0 Å². The van der Waals surface area contributed by atoms with Crippen LogP contribution in [0.3, 0.4) is 0 Å². The van der Waals surface area contributed by atoms with Crippen molar-refractivity contribution >= 4 is 40.6 Å². The zero-order valence-electron chi connectivity index (χ0n) is 10.8. The summed E-state index contributed by atoms with van der Waals surface area (Å²) in [6, 6.07) is 5.22. The topological polar surface area (TPSA) is 62.8 Å². The van der Waals surface area contributed by atoms with E-state index in [-0.39, 0.29) is 11.3 Å². The van der Waals surface area contributed by atoms with Crippen LogP contribution in [0.25, 0.3) is 12.2 Å². The first-order valence-electron chi connectivity index (χ1n) is 6.11. The number of carbonyl (C=O) groups excluding carboxylic acids is 1. The quantitative estimate of drug-likeness (QED) is 0.743. The summed E-state index contributed by atoms with van der Waals surface area (Å²) in [6.45, 7) is 0. The van der Waals surface area contributed by atoms with Crippen molar-refractivity contribution in [1.82, 2.24) is 9.97 Å². The molecule has 0 bridgehead atoms. The summed E-state index contributed by atoms with van der Waals surface area (Å²) >= 11 is 2.84. The monoisotopic (exact) mass is 314 g/mol. The third-order valence-corrected chi connectivity index (χ3v) is 4.41. The van der Waals surface area contributed by atoms with Crippen LogP contribution in [-0.2, 0) is 0 Å². The number of carbonyl (C=O) groups is 1. The Morgan fingerprint density at radius 3 is 2.76 bits per heavy atom. The average Bonchev–Trinajstić information content (AvgIpc) is 3.11. The maximum Gasteiger partial charge on any atom is 0.266 e. The lowest BCUT2D eigenvalue weighted by molar-refractivity contribution is 0.106. The number of rotatable bonds is 3. The fraction of sp³-hybridized carbons (Fsp3) is 0. The van der Waals surface area contributed by atoms with Gasteiger partial charge in [-0.2, -0.15) is 11.3 Å². The Labute approximate surface area is 127 Å². The molecule has 0 atom stereocenters. The lowest BCUT2D eigenvalue weighted by Crippen LogP contribution is -2.19. The highest BCUT2D eigenvalue weighted by molar-refractivity contribution is 7.08. The minimum Gasteiger partial charge on any atom is -0.313 e. The molecule has 0 spiro atoms. The Kier molecular flexibility index (Phi) is 3.89. The molecular formula is C15H10N2O2S2. The summed E-state index contributed by atoms with van der Waals surface area (Å²) in [5.74, 6) is -0.156. The van der Waals surface area contributed by atoms with Crippen LogP contribution in [0.5, 0.6) is 0 Å². The van der Waals surface area contributed by atoms with Gasteiger partial charge >= 0.3 is 0 Å². The summed E-state index contributed by atoms with van der Waals surface area (Å²) in [4.78, 5) is 30.5. The van der Waals surface area contributed by atoms with Crippen molar-refractivity contribution in [3.8, 4) is 0 Å². The molecule has 0 aliphatic carbocycles. The summed E-state index contributed by atoms with van der Waals surface area (Å²) in [5, 5.41) is 3.91. The van der Waals surface area contributed by atoms with Gasteiger partial charge < -0.3 is 4.98 Å². The first-order valence-corrected chi connectivity index (χ1v) is 7.87. The lowest BCUT2D eigenvalue weighted by Gasteiger charge is -1.91. The Bertz CT molecular complexity index is 922. The van der Waals surface area contributed by atoms with Gasteiger partial charge in [0.25, 0.3) is 5.56 Å². The van der Waals surface area contributed by atoms with Crippen LogP contribution in [0.1, 0.15) is 15.9 Å². The van der Waals surface area contributed by atoms with Crippen molar-refractivity contribution in [2.24, 2.45) is 0 Å². The molecule has 0 aliphatic rings. The highest BCUT2D eigenvalue weighted by Crippen LogP contribution is 2.05. The van der Waals surface area contributed by atoms with E-state index in [1.165, 1.54) is 17.4 Å². The van der Waals surface area contributed by atoms with Crippen molar-refractivity contribution in [3.63, 3.8) is 0 Å². The molecule has 0 unspecified atom stereocenters. The van der Waals surface area contributed by atoms with E-state index in [1.807, 2.05) is 22.9 Å². The maximum absolute atomic E-state index is 12.0. The largest absolute Gasteiger partial charge is 0.313 e. The van der Waals surface area contributed by atoms with Crippen molar-refractivity contribution < 1.29 is 4.79 Å². The molecular weight excluding hydrogens is 304 g/mol. The normalized spacial score (nSPS) is 12.8. The highest BCUT2D eigenvalue weighted by Gasteiger charge is 2.02. The summed E-state index contributed by atoms with van der Waals surface area (Å²) < 4.78 is 1.13. The number of hydrogen-bond donors (Lipinski definition) is 1. The molecule has 1 N–H and O–H groups in total. The van der Waals surface area contributed by atoms with Gasteiger partial charge in [-0.3, -0.25) is 14.6 Å². The number of aromatic amines is 1. The van der Waals surface area contributed by atoms with Gasteiger partial charge in [-0.1, -0.05) is 0 Å². The number of aromatic nitrogens is 2. The molecule has 0 saturated carbocycles. The van der Waals surface area contributed by atoms with Crippen LogP contribution in [0, 0.1) is 0 Å². The minimum absolute atomic E-state index is 0.156. The molecule has 0 aliphatic heterocycles. The number of pyridine rings is 1. The summed E-state index contributed by atoms with van der Waals surface area (Å²) in [7, 11) is 0. The molecule has 3 aromatic heterocycles. The van der Waals surface area contributed by atoms with Gasteiger partial charge in [0.2, 0.25) is 0 Å². The number of ketones is 1. The van der Waals surface area contributed by atoms with Gasteiger partial charge in [0.05, 0.1) is 9.20 Å². The standard InChI is InChI=1S/C15H10N2O2S2/c18-12(11-1-4-16-5-2-11)8-14-17-15(19)13(21-14)7-10-3-6-20-9-10/h1-9H,(H,17,19)/b13-7-,14-8-. The molecule has 0 aromatic carbocycles. The van der Waals surface area contributed by atoms with Crippen LogP contribution in [0.2, 0.25) is 0 Å². The van der Waals surface area contributed by atoms with Gasteiger partial charge in [-0.25, -0.2) is 0 Å². The summed E-state index contributed by atoms with van der Waals surface area (Å²) in [5.41, 5.74) is 1.35. The van der Waals surface area contributed by atoms with Crippen LogP contribution < -0.4 is 14.8 Å². The Hall–Kier alpha value is -2.31. The molecule has 3 aromatic rings. The zero-order chi connectivity index (χ0) is 14.7. The number of hydrogen-bond acceptors (Lipinski definition) is 5. The van der Waals surface area contributed by atoms with Crippen LogP contribution in [0.15, 0.2) is 46.1 Å². The second kappa shape index (κ2) is 5.99. The number of thiazole rings is 1. The molecule has 0 radical (unpaired) electrons. The fourth-order valence-corrected chi connectivity index (χ4v) is 3.25. The smallest absolute Gasteiger partial charge is 0.266 e. The van der Waals surface area contributed by atoms with Crippen LogP contribution >= 0.6 is 22.7 Å². The SMILES string of the molecule is O=C(/C=c1/[nH]c(=O)/c(=C/c2ccsc2)s1)c1ccncc1. The molecule has 21 heavy (non-hydrogen) atoms. The zero-order valence-corrected chi connectivity index (χ0v) is 12.4. The fourth-order valence-electron chi connectivity index (χ4n) is 1.75. The highest BCUT2D eigenvalue weighted by atomic mass is 32.1. The predicted molar refractivity (Wildman–Crippen MR) is 85.1 cm³/mol. The lowest BCUT2D eigenvalue weighted by atomic mass is 10.2. The van der Waals surface area contributed by atoms with Crippen molar-refractivity contribution in [2.75, 3.05) is 0 Å². The maximum atomic E-state index is 12.0. The first-order chi connectivity index (χ1) is 10.2. The van der Waals surface area contributed by atoms with Gasteiger partial charge in [-0.05, 0) is 40.6 Å². The number of H-pyrrole nitrogens is 1. The van der Waals surface area contributed by atoms with Gasteiger partial charge in [0, 0.05) is 24.0 Å². The van der Waals surface area contributed by atoms with E-state index in [0.717, 1.165) is 5.56 Å². The van der Waals surface area contributed by atoms with E-state index in [0.29, 0.717) is 14.8 Å². The van der Waals surface area contributed by atoms with E-state index in [9.17, 15) is 9.59 Å². The molecule has 104 valence electrons. The van der Waals surface area contributed by atoms with Crippen LogP contribution in [-0.4, -0.2) is 15.8 Å². The minimum atomic E-state index is -0.181. The van der Waals surface area contributed by atoms with Crippen LogP contribution in [0.4, 0.5) is 0 Å². The summed E-state index contributed by atoms with van der Waals surface area (Å²) in [6.07, 6.45) is 6.38. The van der Waals surface area contributed by atoms with Gasteiger partial charge in [0.1, 0.15) is 0 Å². The first kappa shape index (κ1) is 13.7. The van der Waals surface area contributed by atoms with E-state index < -0.39 is 0 Å². The molecule has 3 rings (SSSR count). The molecule has 3 heterocycles. The van der Waals surface area contributed by atoms with E-state index in [1.54, 1.807) is 35.9 Å². The Morgan fingerprint density at radius 2 is 2.05 bits per heavy atom. The number of thiophene rings is 1. The van der Waals surface area contributed by atoms with E-state index in [2.05, 4.69) is 9.97 Å². The van der Waals surface area contributed by atoms with Crippen molar-refractivity contribution in [1.29, 1.82) is 0 Å². The number of Topliss-reactive ketones (excluding diaryl/α,β-unsaturated/α-hetero) is 1.